The van der Waals surface area contributed by atoms with E-state index in [-0.39, 0.29) is 6.61 Å². The van der Waals surface area contributed by atoms with Crippen LogP contribution >= 0.6 is 11.3 Å². The number of aliphatic hydroxyl groups excluding tert-OH is 2. The summed E-state index contributed by atoms with van der Waals surface area (Å²) in [6.07, 6.45) is -0.614. The standard InChI is InChI=1S/C16H22N2O2S/c19-11-14(20)10-18-7-5-17(6-8-18)9-13-12-21-16-4-2-1-3-15(13)16/h1-4,12,14,19-20H,5-11H2/t14-/m0/s1. The van der Waals surface area contributed by atoms with Crippen molar-refractivity contribution in [3.63, 3.8) is 0 Å². The Bertz CT molecular complexity index is 578. The van der Waals surface area contributed by atoms with Crippen molar-refractivity contribution in [1.82, 2.24) is 9.80 Å². The van der Waals surface area contributed by atoms with Gasteiger partial charge in [0.25, 0.3) is 0 Å². The van der Waals surface area contributed by atoms with Crippen LogP contribution in [-0.2, 0) is 6.54 Å². The predicted octanol–water partition coefficient (Wildman–Crippen LogP) is 1.37. The van der Waals surface area contributed by atoms with Crippen molar-refractivity contribution in [3.8, 4) is 0 Å². The molecule has 0 amide bonds. The molecule has 2 heterocycles. The van der Waals surface area contributed by atoms with Gasteiger partial charge in [0.15, 0.2) is 0 Å². The van der Waals surface area contributed by atoms with Gasteiger partial charge in [0.1, 0.15) is 0 Å². The van der Waals surface area contributed by atoms with Gasteiger partial charge in [-0.3, -0.25) is 9.80 Å². The van der Waals surface area contributed by atoms with E-state index in [2.05, 4.69) is 39.4 Å². The number of thiophene rings is 1. The Kier molecular flexibility index (Phi) is 4.87. The first-order chi connectivity index (χ1) is 10.3. The highest BCUT2D eigenvalue weighted by Gasteiger charge is 2.19. The molecule has 0 aliphatic carbocycles. The van der Waals surface area contributed by atoms with Gasteiger partial charge < -0.3 is 10.2 Å². The van der Waals surface area contributed by atoms with Gasteiger partial charge >= 0.3 is 0 Å². The highest BCUT2D eigenvalue weighted by molar-refractivity contribution is 7.17. The second kappa shape index (κ2) is 6.85. The zero-order chi connectivity index (χ0) is 14.7. The van der Waals surface area contributed by atoms with Crippen LogP contribution in [-0.4, -0.2) is 65.4 Å². The van der Waals surface area contributed by atoms with E-state index >= 15 is 0 Å². The van der Waals surface area contributed by atoms with Crippen molar-refractivity contribution in [2.24, 2.45) is 0 Å². The smallest absolute Gasteiger partial charge is 0.0897 e. The number of hydrogen-bond donors (Lipinski definition) is 2. The van der Waals surface area contributed by atoms with Crippen LogP contribution in [0.2, 0.25) is 0 Å². The fourth-order valence-electron chi connectivity index (χ4n) is 2.88. The number of nitrogens with zero attached hydrogens (tertiary/aromatic N) is 2. The SMILES string of the molecule is OC[C@@H](O)CN1CCN(Cc2csc3ccccc23)CC1. The number of aliphatic hydroxyl groups is 2. The molecule has 1 fully saturated rings. The fraction of sp³-hybridized carbons (Fsp3) is 0.500. The Labute approximate surface area is 129 Å². The van der Waals surface area contributed by atoms with Gasteiger partial charge in [-0.25, -0.2) is 0 Å². The Morgan fingerprint density at radius 2 is 1.81 bits per heavy atom. The maximum absolute atomic E-state index is 9.50. The van der Waals surface area contributed by atoms with E-state index in [1.807, 2.05) is 11.3 Å². The molecule has 114 valence electrons. The van der Waals surface area contributed by atoms with Crippen molar-refractivity contribution < 1.29 is 10.2 Å². The Morgan fingerprint density at radius 1 is 1.10 bits per heavy atom. The lowest BCUT2D eigenvalue weighted by Gasteiger charge is -2.35. The van der Waals surface area contributed by atoms with E-state index in [1.165, 1.54) is 15.6 Å². The molecule has 1 aromatic carbocycles. The number of hydrogen-bond acceptors (Lipinski definition) is 5. The highest BCUT2D eigenvalue weighted by atomic mass is 32.1. The topological polar surface area (TPSA) is 46.9 Å². The first-order valence-corrected chi connectivity index (χ1v) is 8.33. The average Bonchev–Trinajstić information content (AvgIpc) is 2.92. The van der Waals surface area contributed by atoms with E-state index in [0.717, 1.165) is 32.7 Å². The summed E-state index contributed by atoms with van der Waals surface area (Å²) >= 11 is 1.82. The van der Waals surface area contributed by atoms with Gasteiger partial charge in [-0.15, -0.1) is 11.3 Å². The third kappa shape index (κ3) is 3.62. The van der Waals surface area contributed by atoms with Crippen molar-refractivity contribution in [2.75, 3.05) is 39.3 Å². The largest absolute Gasteiger partial charge is 0.394 e. The minimum Gasteiger partial charge on any atom is -0.394 e. The molecule has 0 radical (unpaired) electrons. The summed E-state index contributed by atoms with van der Waals surface area (Å²) in [5, 5.41) is 22.0. The fourth-order valence-corrected chi connectivity index (χ4v) is 3.84. The number of fused-ring (bicyclic) bond motifs is 1. The van der Waals surface area contributed by atoms with Crippen LogP contribution in [0.5, 0.6) is 0 Å². The summed E-state index contributed by atoms with van der Waals surface area (Å²) in [5.74, 6) is 0. The summed E-state index contributed by atoms with van der Waals surface area (Å²) in [5.41, 5.74) is 1.42. The Balaban J connectivity index is 1.56. The minimum atomic E-state index is -0.614. The van der Waals surface area contributed by atoms with Crippen LogP contribution in [0.4, 0.5) is 0 Å². The van der Waals surface area contributed by atoms with Crippen molar-refractivity contribution in [2.45, 2.75) is 12.6 Å². The quantitative estimate of drug-likeness (QED) is 0.876. The van der Waals surface area contributed by atoms with Crippen molar-refractivity contribution in [1.29, 1.82) is 0 Å². The van der Waals surface area contributed by atoms with Crippen molar-refractivity contribution in [3.05, 3.63) is 35.2 Å². The van der Waals surface area contributed by atoms with E-state index < -0.39 is 6.10 Å². The molecular formula is C16H22N2O2S. The maximum Gasteiger partial charge on any atom is 0.0897 e. The normalized spacial score (nSPS) is 19.1. The number of piperazine rings is 1. The molecule has 2 aromatic rings. The van der Waals surface area contributed by atoms with Crippen LogP contribution in [0.25, 0.3) is 10.1 Å². The lowest BCUT2D eigenvalue weighted by Crippen LogP contribution is -2.48. The number of β-amino-alcohol motifs (C(OH)–C–C–N with tert-alkyl or cyclic N) is 1. The second-order valence-electron chi connectivity index (χ2n) is 5.67. The predicted molar refractivity (Wildman–Crippen MR) is 86.6 cm³/mol. The molecule has 1 aliphatic rings. The van der Waals surface area contributed by atoms with Gasteiger partial charge in [0.2, 0.25) is 0 Å². The van der Waals surface area contributed by atoms with Gasteiger partial charge in [0.05, 0.1) is 12.7 Å². The molecule has 0 unspecified atom stereocenters. The Morgan fingerprint density at radius 3 is 2.57 bits per heavy atom. The van der Waals surface area contributed by atoms with Gasteiger partial charge in [-0.1, -0.05) is 18.2 Å². The number of rotatable bonds is 5. The molecule has 0 spiro atoms. The molecule has 1 saturated heterocycles. The molecular weight excluding hydrogens is 284 g/mol. The zero-order valence-electron chi connectivity index (χ0n) is 12.1. The molecule has 3 rings (SSSR count). The van der Waals surface area contributed by atoms with E-state index in [9.17, 15) is 5.11 Å². The van der Waals surface area contributed by atoms with E-state index in [4.69, 9.17) is 5.11 Å². The molecule has 4 nitrogen and oxygen atoms in total. The minimum absolute atomic E-state index is 0.152. The monoisotopic (exact) mass is 306 g/mol. The van der Waals surface area contributed by atoms with Crippen LogP contribution in [0.3, 0.4) is 0 Å². The maximum atomic E-state index is 9.50. The highest BCUT2D eigenvalue weighted by Crippen LogP contribution is 2.26. The van der Waals surface area contributed by atoms with Crippen LogP contribution in [0, 0.1) is 0 Å². The van der Waals surface area contributed by atoms with Crippen LogP contribution in [0.1, 0.15) is 5.56 Å². The average molecular weight is 306 g/mol. The van der Waals surface area contributed by atoms with Crippen LogP contribution in [0.15, 0.2) is 29.6 Å². The molecule has 1 aliphatic heterocycles. The summed E-state index contributed by atoms with van der Waals surface area (Å²) < 4.78 is 1.36. The molecule has 0 bridgehead atoms. The third-order valence-corrected chi connectivity index (χ3v) is 5.11. The van der Waals surface area contributed by atoms with E-state index in [0.29, 0.717) is 6.54 Å². The lowest BCUT2D eigenvalue weighted by molar-refractivity contribution is 0.0384. The van der Waals surface area contributed by atoms with Gasteiger partial charge in [-0.05, 0) is 22.4 Å². The summed E-state index contributed by atoms with van der Waals surface area (Å²) in [6.45, 7) is 5.37. The summed E-state index contributed by atoms with van der Waals surface area (Å²) in [6, 6.07) is 8.58. The van der Waals surface area contributed by atoms with Gasteiger partial charge in [0, 0.05) is 44.0 Å². The first kappa shape index (κ1) is 14.9. The van der Waals surface area contributed by atoms with Gasteiger partial charge in [-0.2, -0.15) is 0 Å². The number of benzene rings is 1. The van der Waals surface area contributed by atoms with E-state index in [1.54, 1.807) is 0 Å². The molecule has 21 heavy (non-hydrogen) atoms. The zero-order valence-corrected chi connectivity index (χ0v) is 12.9. The summed E-state index contributed by atoms with van der Waals surface area (Å²) in [7, 11) is 0. The summed E-state index contributed by atoms with van der Waals surface area (Å²) in [4.78, 5) is 4.69. The third-order valence-electron chi connectivity index (χ3n) is 4.10. The second-order valence-corrected chi connectivity index (χ2v) is 6.58. The molecule has 0 saturated carbocycles. The first-order valence-electron chi connectivity index (χ1n) is 7.45. The van der Waals surface area contributed by atoms with Crippen molar-refractivity contribution >= 4 is 21.4 Å². The molecule has 1 atom stereocenters. The van der Waals surface area contributed by atoms with Crippen LogP contribution < -0.4 is 0 Å². The molecule has 2 N–H and O–H groups in total. The Hall–Kier alpha value is -0.980. The lowest BCUT2D eigenvalue weighted by atomic mass is 10.1. The molecule has 5 heteroatoms. The molecule has 1 aromatic heterocycles.